The van der Waals surface area contributed by atoms with Crippen LogP contribution in [0, 0.1) is 21.4 Å². The first-order valence-electron chi connectivity index (χ1n) is 7.96. The summed E-state index contributed by atoms with van der Waals surface area (Å²) in [6.45, 7) is 1.33. The molecular formula is C18H17N3O4. The van der Waals surface area contributed by atoms with Crippen LogP contribution in [0.5, 0.6) is 5.75 Å². The maximum absolute atomic E-state index is 10.8. The summed E-state index contributed by atoms with van der Waals surface area (Å²) in [4.78, 5) is 10.3. The molecule has 0 spiro atoms. The Balaban J connectivity index is 1.65. The van der Waals surface area contributed by atoms with Gasteiger partial charge in [0.25, 0.3) is 5.69 Å². The van der Waals surface area contributed by atoms with Gasteiger partial charge in [-0.2, -0.15) is 5.26 Å². The quantitative estimate of drug-likeness (QED) is 0.635. The van der Waals surface area contributed by atoms with Crippen LogP contribution in [0.15, 0.2) is 42.5 Å². The third-order valence-electron chi connectivity index (χ3n) is 3.93. The lowest BCUT2D eigenvalue weighted by atomic mass is 10.1. The van der Waals surface area contributed by atoms with Crippen molar-refractivity contribution in [1.29, 1.82) is 5.26 Å². The second kappa shape index (κ2) is 7.64. The Morgan fingerprint density at radius 1 is 1.32 bits per heavy atom. The first-order chi connectivity index (χ1) is 12.2. The molecule has 0 bridgehead atoms. The van der Waals surface area contributed by atoms with Crippen molar-refractivity contribution in [2.45, 2.75) is 18.9 Å². The number of non-ortho nitro benzene ring substituents is 1. The molecule has 1 fully saturated rings. The molecular weight excluding hydrogens is 322 g/mol. The monoisotopic (exact) mass is 339 g/mol. The molecule has 128 valence electrons. The van der Waals surface area contributed by atoms with Crippen LogP contribution in [0.1, 0.15) is 18.4 Å². The Morgan fingerprint density at radius 3 is 2.76 bits per heavy atom. The van der Waals surface area contributed by atoms with Crippen molar-refractivity contribution in [1.82, 2.24) is 0 Å². The highest BCUT2D eigenvalue weighted by Gasteiger charge is 2.16. The van der Waals surface area contributed by atoms with Crippen LogP contribution >= 0.6 is 0 Å². The number of nitriles is 1. The number of rotatable bonds is 6. The minimum Gasteiger partial charge on any atom is -0.491 e. The summed E-state index contributed by atoms with van der Waals surface area (Å²) < 4.78 is 11.2. The molecule has 1 aliphatic heterocycles. The number of nitro groups is 1. The van der Waals surface area contributed by atoms with Crippen molar-refractivity contribution in [3.05, 3.63) is 58.1 Å². The van der Waals surface area contributed by atoms with E-state index in [9.17, 15) is 15.4 Å². The van der Waals surface area contributed by atoms with Gasteiger partial charge in [0.2, 0.25) is 0 Å². The van der Waals surface area contributed by atoms with E-state index in [1.807, 2.05) is 30.3 Å². The largest absolute Gasteiger partial charge is 0.491 e. The Labute approximate surface area is 144 Å². The number of nitrogens with one attached hydrogen (secondary N) is 1. The lowest BCUT2D eigenvalue weighted by molar-refractivity contribution is -0.384. The summed E-state index contributed by atoms with van der Waals surface area (Å²) in [6, 6.07) is 13.4. The van der Waals surface area contributed by atoms with Crippen molar-refractivity contribution in [3.63, 3.8) is 0 Å². The summed E-state index contributed by atoms with van der Waals surface area (Å²) in [7, 11) is 0. The van der Waals surface area contributed by atoms with Crippen LogP contribution in [-0.2, 0) is 4.74 Å². The summed E-state index contributed by atoms with van der Waals surface area (Å²) in [6.07, 6.45) is 2.26. The zero-order valence-electron chi connectivity index (χ0n) is 13.5. The van der Waals surface area contributed by atoms with Crippen LogP contribution in [0.2, 0.25) is 0 Å². The molecule has 1 N–H and O–H groups in total. The van der Waals surface area contributed by atoms with E-state index in [0.29, 0.717) is 12.3 Å². The van der Waals surface area contributed by atoms with Gasteiger partial charge < -0.3 is 14.8 Å². The van der Waals surface area contributed by atoms with Crippen molar-refractivity contribution < 1.29 is 14.4 Å². The zero-order chi connectivity index (χ0) is 17.6. The Bertz CT molecular complexity index is 793. The zero-order valence-corrected chi connectivity index (χ0v) is 13.5. The van der Waals surface area contributed by atoms with Gasteiger partial charge in [-0.3, -0.25) is 10.1 Å². The van der Waals surface area contributed by atoms with Crippen LogP contribution in [0.25, 0.3) is 0 Å². The number of nitro benzene ring substituents is 1. The number of benzene rings is 2. The molecule has 0 saturated carbocycles. The summed E-state index contributed by atoms with van der Waals surface area (Å²) in [5.41, 5.74) is 1.38. The van der Waals surface area contributed by atoms with Crippen molar-refractivity contribution >= 4 is 17.1 Å². The number of hydrogen-bond acceptors (Lipinski definition) is 6. The topological polar surface area (TPSA) is 97.4 Å². The van der Waals surface area contributed by atoms with E-state index in [0.717, 1.165) is 30.9 Å². The maximum atomic E-state index is 10.8. The molecule has 1 atom stereocenters. The molecule has 25 heavy (non-hydrogen) atoms. The number of nitrogens with zero attached hydrogens (tertiary/aromatic N) is 2. The number of anilines is 2. The molecule has 2 aromatic rings. The minimum atomic E-state index is -0.523. The molecule has 1 saturated heterocycles. The van der Waals surface area contributed by atoms with E-state index >= 15 is 0 Å². The number of ether oxygens (including phenoxy) is 2. The van der Waals surface area contributed by atoms with Gasteiger partial charge >= 0.3 is 0 Å². The SMILES string of the molecule is N#Cc1cc([N+](=O)[O-])ccc1Nc1ccc(OCC2CCCO2)cc1. The van der Waals surface area contributed by atoms with Gasteiger partial charge in [0.05, 0.1) is 22.3 Å². The molecule has 7 nitrogen and oxygen atoms in total. The van der Waals surface area contributed by atoms with Crippen LogP contribution < -0.4 is 10.1 Å². The average Bonchev–Trinajstić information content (AvgIpc) is 3.15. The van der Waals surface area contributed by atoms with E-state index in [1.165, 1.54) is 18.2 Å². The molecule has 1 aliphatic rings. The molecule has 3 rings (SSSR count). The van der Waals surface area contributed by atoms with Gasteiger partial charge in [-0.15, -0.1) is 0 Å². The van der Waals surface area contributed by atoms with E-state index < -0.39 is 4.92 Å². The first kappa shape index (κ1) is 16.7. The standard InChI is InChI=1S/C18H17N3O4/c19-11-13-10-15(21(22)23)5-8-18(13)20-14-3-6-16(7-4-14)25-12-17-2-1-9-24-17/h3-8,10,17,20H,1-2,9,12H2. The van der Waals surface area contributed by atoms with Crippen LogP contribution in [0.3, 0.4) is 0 Å². The van der Waals surface area contributed by atoms with E-state index in [4.69, 9.17) is 9.47 Å². The minimum absolute atomic E-state index is 0.111. The van der Waals surface area contributed by atoms with E-state index in [-0.39, 0.29) is 17.4 Å². The summed E-state index contributed by atoms with van der Waals surface area (Å²) >= 11 is 0. The highest BCUT2D eigenvalue weighted by atomic mass is 16.6. The predicted octanol–water partition coefficient (Wildman–Crippen LogP) is 3.77. The maximum Gasteiger partial charge on any atom is 0.270 e. The third-order valence-corrected chi connectivity index (χ3v) is 3.93. The smallest absolute Gasteiger partial charge is 0.270 e. The lowest BCUT2D eigenvalue weighted by Gasteiger charge is -2.12. The lowest BCUT2D eigenvalue weighted by Crippen LogP contribution is -2.16. The second-order valence-corrected chi connectivity index (χ2v) is 5.69. The Kier molecular flexibility index (Phi) is 5.11. The summed E-state index contributed by atoms with van der Waals surface area (Å²) in [5.74, 6) is 0.741. The Morgan fingerprint density at radius 2 is 2.12 bits per heavy atom. The predicted molar refractivity (Wildman–Crippen MR) is 92.0 cm³/mol. The van der Waals surface area contributed by atoms with Gasteiger partial charge in [-0.25, -0.2) is 0 Å². The highest BCUT2D eigenvalue weighted by molar-refractivity contribution is 5.68. The molecule has 7 heteroatoms. The molecule has 0 aliphatic carbocycles. The second-order valence-electron chi connectivity index (χ2n) is 5.69. The normalized spacial score (nSPS) is 16.2. The highest BCUT2D eigenvalue weighted by Crippen LogP contribution is 2.26. The molecule has 1 unspecified atom stereocenters. The molecule has 2 aromatic carbocycles. The van der Waals surface area contributed by atoms with Crippen molar-refractivity contribution in [2.24, 2.45) is 0 Å². The van der Waals surface area contributed by atoms with Gasteiger partial charge in [0, 0.05) is 24.4 Å². The fourth-order valence-corrected chi connectivity index (χ4v) is 2.60. The van der Waals surface area contributed by atoms with Gasteiger partial charge in [-0.1, -0.05) is 0 Å². The van der Waals surface area contributed by atoms with Gasteiger partial charge in [-0.05, 0) is 43.2 Å². The average molecular weight is 339 g/mol. The summed E-state index contributed by atoms with van der Waals surface area (Å²) in [5, 5.41) is 23.1. The third kappa shape index (κ3) is 4.25. The van der Waals surface area contributed by atoms with E-state index in [2.05, 4.69) is 5.32 Å². The molecule has 1 heterocycles. The van der Waals surface area contributed by atoms with Gasteiger partial charge in [0.1, 0.15) is 18.4 Å². The fraction of sp³-hybridized carbons (Fsp3) is 0.278. The van der Waals surface area contributed by atoms with Crippen molar-refractivity contribution in [2.75, 3.05) is 18.5 Å². The first-order valence-corrected chi connectivity index (χ1v) is 7.96. The van der Waals surface area contributed by atoms with Crippen LogP contribution in [0.4, 0.5) is 17.1 Å². The fourth-order valence-electron chi connectivity index (χ4n) is 2.60. The molecule has 0 radical (unpaired) electrons. The van der Waals surface area contributed by atoms with E-state index in [1.54, 1.807) is 0 Å². The molecule has 0 aromatic heterocycles. The van der Waals surface area contributed by atoms with Crippen LogP contribution in [-0.4, -0.2) is 24.2 Å². The van der Waals surface area contributed by atoms with Gasteiger partial charge in [0.15, 0.2) is 0 Å². The Hall–Kier alpha value is -3.11. The van der Waals surface area contributed by atoms with Crippen molar-refractivity contribution in [3.8, 4) is 11.8 Å². The number of hydrogen-bond donors (Lipinski definition) is 1. The molecule has 0 amide bonds.